The summed E-state index contributed by atoms with van der Waals surface area (Å²) in [5, 5.41) is 33.8. The second-order valence-electron chi connectivity index (χ2n) is 29.8. The third-order valence-electron chi connectivity index (χ3n) is 18.8. The van der Waals surface area contributed by atoms with E-state index in [-0.39, 0.29) is 61.8 Å². The molecule has 2 aliphatic rings. The maximum Gasteiger partial charge on any atom is 0.246 e. The quantitative estimate of drug-likeness (QED) is 0.0999. The van der Waals surface area contributed by atoms with Gasteiger partial charge in [-0.3, -0.25) is 52.7 Å². The van der Waals surface area contributed by atoms with Gasteiger partial charge in [0.15, 0.2) is 0 Å². The predicted octanol–water partition coefficient (Wildman–Crippen LogP) is 3.93. The van der Waals surface area contributed by atoms with Gasteiger partial charge in [-0.05, 0) is 129 Å². The van der Waals surface area contributed by atoms with Gasteiger partial charge in [0, 0.05) is 67.0 Å². The average Bonchev–Trinajstić information content (AvgIpc) is 1.77. The van der Waals surface area contributed by atoms with Crippen molar-refractivity contribution < 1.29 is 63.0 Å². The first-order valence-electron chi connectivity index (χ1n) is 34.1. The Bertz CT molecular complexity index is 2660. The number of hydrogen-bond acceptors (Lipinski definition) is 15. The number of carbonyl (C=O) groups is 11. The van der Waals surface area contributed by atoms with Crippen molar-refractivity contribution in [2.24, 2.45) is 35.5 Å². The molecule has 0 radical (unpaired) electrons. The molecule has 13 atom stereocenters. The Morgan fingerprint density at radius 1 is 0.558 bits per heavy atom. The smallest absolute Gasteiger partial charge is 0.246 e. The van der Waals surface area contributed by atoms with E-state index in [1.807, 2.05) is 68.6 Å². The van der Waals surface area contributed by atoms with Crippen LogP contribution in [0.4, 0.5) is 0 Å². The number of hydrogen-bond donors (Lipinski definition) is 6. The molecule has 2 fully saturated rings. The Morgan fingerprint density at radius 3 is 1.47 bits per heavy atom. The molecule has 6 N–H and O–H groups in total. The summed E-state index contributed by atoms with van der Waals surface area (Å²) in [6.07, 6.45) is 3.92. The van der Waals surface area contributed by atoms with Crippen LogP contribution in [0.2, 0.25) is 0 Å². The molecule has 11 amide bonds. The summed E-state index contributed by atoms with van der Waals surface area (Å²) in [5.41, 5.74) is -1.78. The molecular weight excluding hydrogens is 1240 g/mol. The molecule has 1 unspecified atom stereocenters. The highest BCUT2D eigenvalue weighted by molar-refractivity contribution is 8.00. The SMILES string of the molecule is C/C=C/C[C@@H](C)[C@@H](O)C1C(=O)N[C@@H](CC)C(=O)N(C)[C@H](SCC2(N(C)C)CC2)CC(=O)N(C)[C@@H](CC(C)(C)O)C(=O)N[C@@H](C(C)C)C(=O)N(C)[C@@H](CC(C)C)C(=O)N[C@@H](C)C(=O)N[C@H](C)C(=O)N(C)[C@H](CC(C)C)C(=O)N(C)[C@@H](CC(C)C)C(=O)N(C)[C@@H](C(C)C)C(=O)N1C. The zero-order valence-corrected chi connectivity index (χ0v) is 63.3. The van der Waals surface area contributed by atoms with Crippen LogP contribution in [-0.2, 0) is 52.7 Å². The van der Waals surface area contributed by atoms with Crippen LogP contribution in [0.5, 0.6) is 0 Å². The molecule has 0 spiro atoms. The summed E-state index contributed by atoms with van der Waals surface area (Å²) in [4.78, 5) is 174. The number of allylic oxidation sites excluding steroid dienone is 2. The number of rotatable bonds is 19. The van der Waals surface area contributed by atoms with E-state index in [0.717, 1.165) is 17.7 Å². The van der Waals surface area contributed by atoms with Crippen LogP contribution in [0, 0.1) is 35.5 Å². The molecule has 1 heterocycles. The molecule has 25 nitrogen and oxygen atoms in total. The van der Waals surface area contributed by atoms with Crippen molar-refractivity contribution in [2.75, 3.05) is 69.2 Å². The van der Waals surface area contributed by atoms with Crippen LogP contribution in [0.15, 0.2) is 12.2 Å². The number of aliphatic hydroxyl groups excluding tert-OH is 1. The van der Waals surface area contributed by atoms with Crippen molar-refractivity contribution >= 4 is 76.7 Å². The van der Waals surface area contributed by atoms with Gasteiger partial charge in [0.25, 0.3) is 0 Å². The van der Waals surface area contributed by atoms with E-state index in [0.29, 0.717) is 12.2 Å². The Hall–Kier alpha value is -5.86. The third-order valence-corrected chi connectivity index (χ3v) is 20.3. The largest absolute Gasteiger partial charge is 0.390 e. The first-order valence-corrected chi connectivity index (χ1v) is 35.2. The molecule has 0 aromatic heterocycles. The molecule has 95 heavy (non-hydrogen) atoms. The van der Waals surface area contributed by atoms with Gasteiger partial charge in [-0.2, -0.15) is 0 Å². The molecule has 26 heteroatoms. The monoisotopic (exact) mass is 1360 g/mol. The lowest BCUT2D eigenvalue weighted by Crippen LogP contribution is -2.63. The van der Waals surface area contributed by atoms with Crippen LogP contribution in [0.1, 0.15) is 175 Å². The van der Waals surface area contributed by atoms with Crippen LogP contribution in [0.25, 0.3) is 0 Å². The summed E-state index contributed by atoms with van der Waals surface area (Å²) in [7, 11) is 14.0. The Balaban J connectivity index is 3.09. The Kier molecular flexibility index (Phi) is 33.4. The normalized spacial score (nSPS) is 27.6. The first-order chi connectivity index (χ1) is 43.7. The fraction of sp³-hybridized carbons (Fsp3) is 0.812. The zero-order valence-electron chi connectivity index (χ0n) is 62.5. The van der Waals surface area contributed by atoms with E-state index < -0.39 is 160 Å². The summed E-state index contributed by atoms with van der Waals surface area (Å²) < 4.78 is 0. The number of carbonyl (C=O) groups excluding carboxylic acids is 11. The number of thioether (sulfide) groups is 1. The molecule has 1 aliphatic carbocycles. The minimum Gasteiger partial charge on any atom is -0.390 e. The zero-order chi connectivity index (χ0) is 73.4. The third kappa shape index (κ3) is 23.7. The summed E-state index contributed by atoms with van der Waals surface area (Å²) in [5.74, 6) is -9.33. The van der Waals surface area contributed by atoms with Crippen LogP contribution in [0.3, 0.4) is 0 Å². The maximum absolute atomic E-state index is 15.4. The minimum atomic E-state index is -1.63. The summed E-state index contributed by atoms with van der Waals surface area (Å²) in [6.45, 7) is 29.1. The second-order valence-corrected chi connectivity index (χ2v) is 31.0. The van der Waals surface area contributed by atoms with Gasteiger partial charge in [-0.1, -0.05) is 95.2 Å². The van der Waals surface area contributed by atoms with E-state index in [2.05, 4.69) is 26.2 Å². The highest BCUT2D eigenvalue weighted by Gasteiger charge is 2.48. The number of nitrogens with one attached hydrogen (secondary N) is 4. The standard InChI is InChI=1S/C69H124N12O13S/c1-27-29-30-44(13)57(83)56-61(87)72-47(28-2)63(89)79(24)53(95-38-69(31-32-69)74(18)19)36-52(82)75(20)51(37-68(16,17)94)60(86)73-54(42(9)10)66(92)76(21)48(33-39(3)4)59(85)70-45(14)58(84)71-46(15)62(88)77(22)49(34-40(5)6)64(90)78(23)50(35-41(7)8)65(91)80(25)55(43(11)12)67(93)81(56)26/h27,29,39-51,53-57,83,94H,28,30-38H2,1-26H3,(H,70,85)(H,71,84)(H,72,87)(H,73,86)/b29-27+/t44-,45+,46-,47+,48+,49-,50+,51+,53-,54+,55+,56?,57-/m1/s1. The topological polar surface area (TPSA) is 302 Å². The van der Waals surface area contributed by atoms with E-state index in [9.17, 15) is 39.0 Å². The molecular formula is C69H124N12O13S. The fourth-order valence-corrected chi connectivity index (χ4v) is 13.8. The number of aliphatic hydroxyl groups is 2. The first kappa shape index (κ1) is 85.2. The molecule has 0 aromatic rings. The van der Waals surface area contributed by atoms with Gasteiger partial charge in [0.2, 0.25) is 65.0 Å². The van der Waals surface area contributed by atoms with Crippen molar-refractivity contribution in [1.29, 1.82) is 0 Å². The van der Waals surface area contributed by atoms with Gasteiger partial charge < -0.3 is 70.7 Å². The number of nitrogens with zero attached hydrogens (tertiary/aromatic N) is 8. The molecule has 1 saturated carbocycles. The highest BCUT2D eigenvalue weighted by atomic mass is 32.2. The van der Waals surface area contributed by atoms with Gasteiger partial charge in [0.05, 0.1) is 23.5 Å². The van der Waals surface area contributed by atoms with Crippen LogP contribution >= 0.6 is 11.8 Å². The Morgan fingerprint density at radius 2 is 1.02 bits per heavy atom. The molecule has 1 aliphatic heterocycles. The molecule has 1 saturated heterocycles. The Labute approximate surface area is 573 Å². The summed E-state index contributed by atoms with van der Waals surface area (Å²) >= 11 is 1.36. The molecule has 0 bridgehead atoms. The average molecular weight is 1360 g/mol. The minimum absolute atomic E-state index is 0.0318. The van der Waals surface area contributed by atoms with Crippen molar-refractivity contribution in [2.45, 2.75) is 259 Å². The molecule has 544 valence electrons. The molecule has 0 aromatic carbocycles. The van der Waals surface area contributed by atoms with Crippen molar-refractivity contribution in [1.82, 2.24) is 60.5 Å². The number of likely N-dealkylation sites (N-methyl/N-ethyl adjacent to an activating group) is 7. The summed E-state index contributed by atoms with van der Waals surface area (Å²) in [6, 6.07) is -12.8. The van der Waals surface area contributed by atoms with Gasteiger partial charge >= 0.3 is 0 Å². The highest BCUT2D eigenvalue weighted by Crippen LogP contribution is 2.44. The van der Waals surface area contributed by atoms with E-state index in [1.165, 1.54) is 118 Å². The lowest BCUT2D eigenvalue weighted by atomic mass is 9.91. The second kappa shape index (κ2) is 37.2. The lowest BCUT2D eigenvalue weighted by Gasteiger charge is -2.41. The van der Waals surface area contributed by atoms with Gasteiger partial charge in [-0.25, -0.2) is 0 Å². The van der Waals surface area contributed by atoms with Gasteiger partial charge in [0.1, 0.15) is 60.4 Å². The van der Waals surface area contributed by atoms with Gasteiger partial charge in [-0.15, -0.1) is 11.8 Å². The van der Waals surface area contributed by atoms with Crippen LogP contribution in [-0.4, -0.2) is 267 Å². The number of amides is 11. The predicted molar refractivity (Wildman–Crippen MR) is 372 cm³/mol. The van der Waals surface area contributed by atoms with E-state index >= 15 is 24.0 Å². The van der Waals surface area contributed by atoms with Crippen molar-refractivity contribution in [3.05, 3.63) is 12.2 Å². The molecule has 2 rings (SSSR count). The van der Waals surface area contributed by atoms with E-state index in [4.69, 9.17) is 0 Å². The fourth-order valence-electron chi connectivity index (χ4n) is 12.1. The van der Waals surface area contributed by atoms with Crippen molar-refractivity contribution in [3.63, 3.8) is 0 Å². The lowest BCUT2D eigenvalue weighted by molar-refractivity contribution is -0.157. The maximum atomic E-state index is 15.4. The van der Waals surface area contributed by atoms with Crippen LogP contribution < -0.4 is 21.3 Å². The van der Waals surface area contributed by atoms with E-state index in [1.54, 1.807) is 47.6 Å². The van der Waals surface area contributed by atoms with Crippen molar-refractivity contribution in [3.8, 4) is 0 Å².